The van der Waals surface area contributed by atoms with Crippen molar-refractivity contribution in [2.45, 2.75) is 19.8 Å². The minimum atomic E-state index is -0.521. The fourth-order valence-corrected chi connectivity index (χ4v) is 3.22. The molecular weight excluding hydrogens is 354 g/mol. The highest BCUT2D eigenvalue weighted by atomic mass is 16.5. The maximum absolute atomic E-state index is 13.3. The molecule has 0 aliphatic rings. The fourth-order valence-electron chi connectivity index (χ4n) is 3.22. The van der Waals surface area contributed by atoms with E-state index in [2.05, 4.69) is 10.4 Å². The summed E-state index contributed by atoms with van der Waals surface area (Å²) in [5.74, 6) is -0.934. The van der Waals surface area contributed by atoms with Crippen LogP contribution in [0.4, 0.5) is 5.82 Å². The number of anilines is 1. The molecule has 1 N–H and O–H groups in total. The van der Waals surface area contributed by atoms with Crippen molar-refractivity contribution in [2.24, 2.45) is 7.05 Å². The maximum atomic E-state index is 13.3. The van der Waals surface area contributed by atoms with Crippen LogP contribution in [0.2, 0.25) is 0 Å². The zero-order chi connectivity index (χ0) is 20.1. The van der Waals surface area contributed by atoms with Crippen molar-refractivity contribution in [3.8, 4) is 0 Å². The molecule has 3 aromatic rings. The minimum absolute atomic E-state index is 0.244. The zero-order valence-corrected chi connectivity index (χ0v) is 16.2. The van der Waals surface area contributed by atoms with Gasteiger partial charge in [0.15, 0.2) is 0 Å². The first-order chi connectivity index (χ1) is 13.5. The van der Waals surface area contributed by atoms with Gasteiger partial charge in [-0.05, 0) is 25.0 Å². The number of nitrogens with one attached hydrogen (secondary N) is 1. The standard InChI is InChI=1S/C22H23N3O3/c1-4-28-22(27)18-15(2)24-25(3)20(18)23-21(26)19(16-11-7-5-8-12-16)17-13-9-6-10-14-17/h5-14,19H,4H2,1-3H3,(H,23,26). The molecule has 144 valence electrons. The number of hydrogen-bond donors (Lipinski definition) is 1. The molecule has 1 aromatic heterocycles. The Balaban J connectivity index is 1.99. The van der Waals surface area contributed by atoms with Gasteiger partial charge in [0.1, 0.15) is 11.4 Å². The van der Waals surface area contributed by atoms with E-state index in [0.29, 0.717) is 11.5 Å². The molecule has 6 heteroatoms. The lowest BCUT2D eigenvalue weighted by Crippen LogP contribution is -2.24. The highest BCUT2D eigenvalue weighted by Crippen LogP contribution is 2.28. The van der Waals surface area contributed by atoms with E-state index in [-0.39, 0.29) is 18.1 Å². The second-order valence-electron chi connectivity index (χ2n) is 6.40. The van der Waals surface area contributed by atoms with E-state index in [1.807, 2.05) is 60.7 Å². The highest BCUT2D eigenvalue weighted by Gasteiger charge is 2.27. The van der Waals surface area contributed by atoms with Gasteiger partial charge in [0.25, 0.3) is 0 Å². The van der Waals surface area contributed by atoms with Crippen molar-refractivity contribution in [2.75, 3.05) is 11.9 Å². The molecule has 0 spiro atoms. The second-order valence-corrected chi connectivity index (χ2v) is 6.40. The predicted octanol–water partition coefficient (Wildman–Crippen LogP) is 3.68. The third-order valence-corrected chi connectivity index (χ3v) is 4.47. The molecule has 0 atom stereocenters. The van der Waals surface area contributed by atoms with Gasteiger partial charge >= 0.3 is 5.97 Å². The summed E-state index contributed by atoms with van der Waals surface area (Å²) in [6.07, 6.45) is 0. The maximum Gasteiger partial charge on any atom is 0.343 e. The highest BCUT2D eigenvalue weighted by molar-refractivity contribution is 6.04. The number of ether oxygens (including phenoxy) is 1. The van der Waals surface area contributed by atoms with Crippen molar-refractivity contribution < 1.29 is 14.3 Å². The van der Waals surface area contributed by atoms with Crippen molar-refractivity contribution in [3.63, 3.8) is 0 Å². The summed E-state index contributed by atoms with van der Waals surface area (Å²) in [6.45, 7) is 3.70. The first-order valence-electron chi connectivity index (χ1n) is 9.14. The summed E-state index contributed by atoms with van der Waals surface area (Å²) >= 11 is 0. The smallest absolute Gasteiger partial charge is 0.343 e. The molecule has 0 fully saturated rings. The normalized spacial score (nSPS) is 10.7. The first kappa shape index (κ1) is 19.4. The summed E-state index contributed by atoms with van der Waals surface area (Å²) in [5, 5.41) is 7.17. The third-order valence-electron chi connectivity index (χ3n) is 4.47. The Labute approximate surface area is 164 Å². The molecule has 0 aliphatic heterocycles. The SMILES string of the molecule is CCOC(=O)c1c(C)nn(C)c1NC(=O)C(c1ccccc1)c1ccccc1. The molecule has 1 heterocycles. The molecule has 3 rings (SSSR count). The molecule has 0 radical (unpaired) electrons. The van der Waals surface area contributed by atoms with E-state index in [0.717, 1.165) is 11.1 Å². The molecule has 28 heavy (non-hydrogen) atoms. The summed E-state index contributed by atoms with van der Waals surface area (Å²) in [6, 6.07) is 19.1. The van der Waals surface area contributed by atoms with E-state index < -0.39 is 11.9 Å². The van der Waals surface area contributed by atoms with E-state index in [9.17, 15) is 9.59 Å². The Bertz CT molecular complexity index is 926. The third kappa shape index (κ3) is 3.96. The Hall–Kier alpha value is -3.41. The van der Waals surface area contributed by atoms with Gasteiger partial charge in [-0.3, -0.25) is 9.48 Å². The number of nitrogens with zero attached hydrogens (tertiary/aromatic N) is 2. The number of benzene rings is 2. The lowest BCUT2D eigenvalue weighted by Gasteiger charge is -2.18. The lowest BCUT2D eigenvalue weighted by molar-refractivity contribution is -0.116. The van der Waals surface area contributed by atoms with Crippen LogP contribution in [0.15, 0.2) is 60.7 Å². The number of aryl methyl sites for hydroxylation is 2. The van der Waals surface area contributed by atoms with Crippen LogP contribution >= 0.6 is 0 Å². The van der Waals surface area contributed by atoms with Crippen LogP contribution in [0.1, 0.15) is 40.0 Å². The van der Waals surface area contributed by atoms with E-state index >= 15 is 0 Å². The molecule has 2 aromatic carbocycles. The fraction of sp³-hybridized carbons (Fsp3) is 0.227. The summed E-state index contributed by atoms with van der Waals surface area (Å²) in [5.41, 5.74) is 2.51. The Morgan fingerprint density at radius 1 is 1.04 bits per heavy atom. The number of hydrogen-bond acceptors (Lipinski definition) is 4. The average molecular weight is 377 g/mol. The molecule has 6 nitrogen and oxygen atoms in total. The molecular formula is C22H23N3O3. The zero-order valence-electron chi connectivity index (χ0n) is 16.2. The molecule has 0 aliphatic carbocycles. The van der Waals surface area contributed by atoms with E-state index in [1.54, 1.807) is 20.9 Å². The molecule has 0 saturated carbocycles. The first-order valence-corrected chi connectivity index (χ1v) is 9.14. The van der Waals surface area contributed by atoms with Gasteiger partial charge in [0.2, 0.25) is 5.91 Å². The Morgan fingerprint density at radius 3 is 2.07 bits per heavy atom. The van der Waals surface area contributed by atoms with E-state index in [4.69, 9.17) is 4.74 Å². The quantitative estimate of drug-likeness (QED) is 0.665. The summed E-state index contributed by atoms with van der Waals surface area (Å²) in [7, 11) is 1.69. The van der Waals surface area contributed by atoms with Crippen LogP contribution in [-0.4, -0.2) is 28.3 Å². The number of aromatic nitrogens is 2. The monoisotopic (exact) mass is 377 g/mol. The topological polar surface area (TPSA) is 73.2 Å². The van der Waals surface area contributed by atoms with Gasteiger partial charge in [-0.2, -0.15) is 5.10 Å². The van der Waals surface area contributed by atoms with Crippen molar-refractivity contribution in [1.29, 1.82) is 0 Å². The minimum Gasteiger partial charge on any atom is -0.462 e. The molecule has 0 unspecified atom stereocenters. The van der Waals surface area contributed by atoms with Crippen LogP contribution in [0.25, 0.3) is 0 Å². The van der Waals surface area contributed by atoms with Crippen molar-refractivity contribution >= 4 is 17.7 Å². The van der Waals surface area contributed by atoms with Gasteiger partial charge in [0, 0.05) is 7.05 Å². The number of carbonyl (C=O) groups is 2. The van der Waals surface area contributed by atoms with Gasteiger partial charge in [-0.1, -0.05) is 60.7 Å². The Morgan fingerprint density at radius 2 is 1.57 bits per heavy atom. The average Bonchev–Trinajstić information content (AvgIpc) is 2.97. The van der Waals surface area contributed by atoms with Gasteiger partial charge in [-0.25, -0.2) is 4.79 Å². The van der Waals surface area contributed by atoms with Crippen LogP contribution in [0.5, 0.6) is 0 Å². The summed E-state index contributed by atoms with van der Waals surface area (Å²) < 4.78 is 6.62. The summed E-state index contributed by atoms with van der Waals surface area (Å²) in [4.78, 5) is 25.7. The van der Waals surface area contributed by atoms with Crippen LogP contribution in [0.3, 0.4) is 0 Å². The van der Waals surface area contributed by atoms with E-state index in [1.165, 1.54) is 4.68 Å². The molecule has 0 bridgehead atoms. The predicted molar refractivity (Wildman–Crippen MR) is 107 cm³/mol. The van der Waals surface area contributed by atoms with Crippen LogP contribution in [0, 0.1) is 6.92 Å². The van der Waals surface area contributed by atoms with Crippen molar-refractivity contribution in [3.05, 3.63) is 83.0 Å². The molecule has 1 amide bonds. The van der Waals surface area contributed by atoms with Gasteiger partial charge in [0.05, 0.1) is 18.2 Å². The second kappa shape index (κ2) is 8.52. The Kier molecular flexibility index (Phi) is 5.89. The van der Waals surface area contributed by atoms with Gasteiger partial charge in [-0.15, -0.1) is 0 Å². The van der Waals surface area contributed by atoms with Crippen LogP contribution < -0.4 is 5.32 Å². The number of rotatable bonds is 6. The van der Waals surface area contributed by atoms with Gasteiger partial charge < -0.3 is 10.1 Å². The van der Waals surface area contributed by atoms with Crippen molar-refractivity contribution in [1.82, 2.24) is 9.78 Å². The number of esters is 1. The largest absolute Gasteiger partial charge is 0.462 e. The van der Waals surface area contributed by atoms with Crippen LogP contribution in [-0.2, 0) is 16.6 Å². The number of amides is 1. The molecule has 0 saturated heterocycles. The lowest BCUT2D eigenvalue weighted by atomic mass is 9.90. The number of carbonyl (C=O) groups excluding carboxylic acids is 2.